The van der Waals surface area contributed by atoms with Crippen molar-refractivity contribution in [3.8, 4) is 5.75 Å². The zero-order chi connectivity index (χ0) is 28.1. The third-order valence-corrected chi connectivity index (χ3v) is 7.03. The van der Waals surface area contributed by atoms with E-state index in [-0.39, 0.29) is 29.9 Å². The summed E-state index contributed by atoms with van der Waals surface area (Å²) in [5, 5.41) is 0. The van der Waals surface area contributed by atoms with Crippen LogP contribution in [0.4, 0.5) is 18.9 Å². The molecule has 0 saturated carbocycles. The molecule has 1 amide bonds. The van der Waals surface area contributed by atoms with E-state index in [0.29, 0.717) is 37.0 Å². The molecule has 0 aliphatic rings. The van der Waals surface area contributed by atoms with Gasteiger partial charge in [0.1, 0.15) is 10.6 Å². The summed E-state index contributed by atoms with van der Waals surface area (Å²) in [7, 11) is -4.64. The first-order valence-corrected chi connectivity index (χ1v) is 13.6. The minimum Gasteiger partial charge on any atom is -0.459 e. The molecular weight excluding hydrogens is 521 g/mol. The van der Waals surface area contributed by atoms with Crippen molar-refractivity contribution in [3.05, 3.63) is 77.7 Å². The van der Waals surface area contributed by atoms with Gasteiger partial charge in [-0.1, -0.05) is 26.0 Å². The third kappa shape index (κ3) is 7.09. The minimum atomic E-state index is -4.72. The Morgan fingerprint density at radius 2 is 1.74 bits per heavy atom. The highest BCUT2D eigenvalue weighted by atomic mass is 32.2. The number of amides is 1. The van der Waals surface area contributed by atoms with Crippen LogP contribution >= 0.6 is 0 Å². The molecule has 0 fully saturated rings. The summed E-state index contributed by atoms with van der Waals surface area (Å²) in [4.78, 5) is 16.0. The van der Waals surface area contributed by atoms with Gasteiger partial charge in [0.05, 0.1) is 11.8 Å². The Kier molecular flexibility index (Phi) is 9.14. The lowest BCUT2D eigenvalue weighted by Gasteiger charge is -2.26. The van der Waals surface area contributed by atoms with Gasteiger partial charge in [0.2, 0.25) is 0 Å². The minimum absolute atomic E-state index is 0.0102. The van der Waals surface area contributed by atoms with E-state index < -0.39 is 26.8 Å². The molecule has 0 radical (unpaired) electrons. The number of hydrogen-bond acceptors (Lipinski definition) is 6. The van der Waals surface area contributed by atoms with Crippen LogP contribution in [0.3, 0.4) is 0 Å². The van der Waals surface area contributed by atoms with Gasteiger partial charge in [-0.05, 0) is 56.2 Å². The second-order valence-electron chi connectivity index (χ2n) is 9.08. The SMILES string of the molecule is CCN(CC)c1ccc(CN(CC(C)C)C(=O)c2ccco2)c(OS(=O)(=O)c2cccc(C(F)(F)F)c2)c1. The molecule has 0 spiro atoms. The van der Waals surface area contributed by atoms with E-state index in [9.17, 15) is 26.4 Å². The van der Waals surface area contributed by atoms with Gasteiger partial charge in [-0.25, -0.2) is 0 Å². The van der Waals surface area contributed by atoms with Crippen LogP contribution in [-0.2, 0) is 22.8 Å². The normalized spacial score (nSPS) is 12.0. The van der Waals surface area contributed by atoms with Crippen LogP contribution in [0.5, 0.6) is 5.75 Å². The maximum atomic E-state index is 13.2. The lowest BCUT2D eigenvalue weighted by atomic mass is 10.1. The van der Waals surface area contributed by atoms with Crippen molar-refractivity contribution in [2.45, 2.75) is 45.3 Å². The van der Waals surface area contributed by atoms with Crippen molar-refractivity contribution in [2.75, 3.05) is 24.5 Å². The molecule has 0 unspecified atom stereocenters. The molecule has 0 aliphatic carbocycles. The standard InChI is InChI=1S/C27H31F3N2O5S/c1-5-31(6-2)22-13-12-20(18-32(17-19(3)4)26(33)24-11-8-14-36-24)25(16-22)37-38(34,35)23-10-7-9-21(15-23)27(28,29)30/h7-16,19H,5-6,17-18H2,1-4H3. The molecule has 0 aliphatic heterocycles. The Morgan fingerprint density at radius 3 is 2.32 bits per heavy atom. The topological polar surface area (TPSA) is 80.1 Å². The quantitative estimate of drug-likeness (QED) is 0.263. The molecule has 1 heterocycles. The Hall–Kier alpha value is -3.47. The van der Waals surface area contributed by atoms with E-state index >= 15 is 0 Å². The van der Waals surface area contributed by atoms with Gasteiger partial charge in [-0.3, -0.25) is 4.79 Å². The van der Waals surface area contributed by atoms with Crippen LogP contribution < -0.4 is 9.08 Å². The molecule has 3 rings (SSSR count). The van der Waals surface area contributed by atoms with Gasteiger partial charge < -0.3 is 18.4 Å². The first-order valence-electron chi connectivity index (χ1n) is 12.2. The summed E-state index contributed by atoms with van der Waals surface area (Å²) >= 11 is 0. The van der Waals surface area contributed by atoms with Crippen LogP contribution in [0.25, 0.3) is 0 Å². The number of benzene rings is 2. The van der Waals surface area contributed by atoms with Gasteiger partial charge in [-0.15, -0.1) is 0 Å². The number of alkyl halides is 3. The second-order valence-corrected chi connectivity index (χ2v) is 10.6. The van der Waals surface area contributed by atoms with Gasteiger partial charge in [0.15, 0.2) is 5.76 Å². The molecule has 0 N–H and O–H groups in total. The number of rotatable bonds is 11. The number of hydrogen-bond donors (Lipinski definition) is 0. The lowest BCUT2D eigenvalue weighted by molar-refractivity contribution is -0.137. The summed E-state index contributed by atoms with van der Waals surface area (Å²) < 4.78 is 76.7. The number of carbonyl (C=O) groups excluding carboxylic acids is 1. The van der Waals surface area contributed by atoms with Crippen molar-refractivity contribution in [1.82, 2.24) is 4.90 Å². The van der Waals surface area contributed by atoms with Crippen molar-refractivity contribution in [2.24, 2.45) is 5.92 Å². The molecule has 206 valence electrons. The summed E-state index contributed by atoms with van der Waals surface area (Å²) in [6.07, 6.45) is -3.33. The second kappa shape index (κ2) is 11.9. The Morgan fingerprint density at radius 1 is 1.03 bits per heavy atom. The van der Waals surface area contributed by atoms with E-state index in [0.717, 1.165) is 18.2 Å². The highest BCUT2D eigenvalue weighted by molar-refractivity contribution is 7.87. The van der Waals surface area contributed by atoms with E-state index in [4.69, 9.17) is 8.60 Å². The fourth-order valence-electron chi connectivity index (χ4n) is 3.95. The number of carbonyl (C=O) groups is 1. The van der Waals surface area contributed by atoms with Gasteiger partial charge in [0.25, 0.3) is 5.91 Å². The largest absolute Gasteiger partial charge is 0.459 e. The highest BCUT2D eigenvalue weighted by Gasteiger charge is 2.32. The van der Waals surface area contributed by atoms with Crippen molar-refractivity contribution < 1.29 is 35.0 Å². The zero-order valence-electron chi connectivity index (χ0n) is 21.7. The average Bonchev–Trinajstić information content (AvgIpc) is 3.39. The molecule has 2 aromatic carbocycles. The van der Waals surface area contributed by atoms with Crippen LogP contribution in [0.1, 0.15) is 49.4 Å². The monoisotopic (exact) mass is 552 g/mol. The molecule has 38 heavy (non-hydrogen) atoms. The fraction of sp³-hybridized carbons (Fsp3) is 0.370. The molecule has 0 bridgehead atoms. The highest BCUT2D eigenvalue weighted by Crippen LogP contribution is 2.33. The van der Waals surface area contributed by atoms with Gasteiger partial charge >= 0.3 is 16.3 Å². The predicted molar refractivity (Wildman–Crippen MR) is 138 cm³/mol. The predicted octanol–water partition coefficient (Wildman–Crippen LogP) is 6.21. The maximum absolute atomic E-state index is 13.2. The van der Waals surface area contributed by atoms with Crippen LogP contribution in [0.15, 0.2) is 70.2 Å². The number of furan rings is 1. The summed E-state index contributed by atoms with van der Waals surface area (Å²) in [6, 6.07) is 11.5. The van der Waals surface area contributed by atoms with Crippen LogP contribution in [-0.4, -0.2) is 38.9 Å². The molecule has 7 nitrogen and oxygen atoms in total. The summed E-state index contributed by atoms with van der Waals surface area (Å²) in [5.41, 5.74) is -0.0655. The Balaban J connectivity index is 2.05. The molecule has 11 heteroatoms. The average molecular weight is 553 g/mol. The lowest BCUT2D eigenvalue weighted by Crippen LogP contribution is -2.33. The number of anilines is 1. The molecule has 1 aromatic heterocycles. The van der Waals surface area contributed by atoms with Crippen molar-refractivity contribution >= 4 is 21.7 Å². The smallest absolute Gasteiger partial charge is 0.416 e. The van der Waals surface area contributed by atoms with E-state index in [2.05, 4.69) is 0 Å². The molecule has 0 saturated heterocycles. The first kappa shape index (κ1) is 29.1. The van der Waals surface area contributed by atoms with E-state index in [1.807, 2.05) is 32.6 Å². The molecule has 0 atom stereocenters. The number of halogens is 3. The summed E-state index contributed by atoms with van der Waals surface area (Å²) in [6.45, 7) is 9.33. The van der Waals surface area contributed by atoms with E-state index in [1.165, 1.54) is 23.3 Å². The third-order valence-electron chi connectivity index (χ3n) is 5.79. The Bertz CT molecular complexity index is 1330. The summed E-state index contributed by atoms with van der Waals surface area (Å²) in [5.74, 6) is -0.248. The van der Waals surface area contributed by atoms with Gasteiger partial charge in [-0.2, -0.15) is 21.6 Å². The molecular formula is C27H31F3N2O5S. The molecule has 3 aromatic rings. The van der Waals surface area contributed by atoms with Crippen LogP contribution in [0.2, 0.25) is 0 Å². The van der Waals surface area contributed by atoms with Crippen LogP contribution in [0, 0.1) is 5.92 Å². The van der Waals surface area contributed by atoms with E-state index in [1.54, 1.807) is 18.2 Å². The van der Waals surface area contributed by atoms with Crippen molar-refractivity contribution in [3.63, 3.8) is 0 Å². The first-order chi connectivity index (χ1) is 17.9. The maximum Gasteiger partial charge on any atom is 0.416 e. The zero-order valence-corrected chi connectivity index (χ0v) is 22.5. The fourth-order valence-corrected chi connectivity index (χ4v) is 4.96. The number of nitrogens with zero attached hydrogens (tertiary/aromatic N) is 2. The Labute approximate surface area is 220 Å². The van der Waals surface area contributed by atoms with Gasteiger partial charge in [0, 0.05) is 43.5 Å². The van der Waals surface area contributed by atoms with Crippen molar-refractivity contribution in [1.29, 1.82) is 0 Å².